The van der Waals surface area contributed by atoms with Crippen molar-refractivity contribution in [2.75, 3.05) is 11.1 Å². The number of thioether (sulfide) groups is 1. The number of hydrogen-bond acceptors (Lipinski definition) is 6. The van der Waals surface area contributed by atoms with Gasteiger partial charge in [-0.1, -0.05) is 42.0 Å². The number of benzene rings is 1. The van der Waals surface area contributed by atoms with Crippen molar-refractivity contribution in [3.8, 4) is 11.5 Å². The van der Waals surface area contributed by atoms with Crippen LogP contribution >= 0.6 is 11.8 Å². The van der Waals surface area contributed by atoms with Crippen LogP contribution < -0.4 is 5.32 Å². The van der Waals surface area contributed by atoms with E-state index in [1.165, 1.54) is 11.8 Å². The fraction of sp³-hybridized carbons (Fsp3) is 0.263. The summed E-state index contributed by atoms with van der Waals surface area (Å²) in [6.45, 7) is 5.93. The van der Waals surface area contributed by atoms with Gasteiger partial charge in [-0.15, -0.1) is 0 Å². The van der Waals surface area contributed by atoms with Crippen LogP contribution in [-0.2, 0) is 11.2 Å². The van der Waals surface area contributed by atoms with Crippen molar-refractivity contribution in [2.24, 2.45) is 0 Å². The lowest BCUT2D eigenvalue weighted by Crippen LogP contribution is -2.15. The Morgan fingerprint density at radius 2 is 2.00 bits per heavy atom. The van der Waals surface area contributed by atoms with Gasteiger partial charge in [0.2, 0.25) is 5.91 Å². The summed E-state index contributed by atoms with van der Waals surface area (Å²) in [5.41, 5.74) is 3.76. The topological polar surface area (TPSA) is 80.9 Å². The predicted octanol–water partition coefficient (Wildman–Crippen LogP) is 4.04. The van der Waals surface area contributed by atoms with Crippen LogP contribution in [-0.4, -0.2) is 26.8 Å². The molecule has 1 amide bonds. The monoisotopic (exact) mass is 368 g/mol. The van der Waals surface area contributed by atoms with Crippen molar-refractivity contribution in [1.29, 1.82) is 0 Å². The second-order valence-corrected chi connectivity index (χ2v) is 6.85. The van der Waals surface area contributed by atoms with Crippen LogP contribution in [0, 0.1) is 13.8 Å². The van der Waals surface area contributed by atoms with Gasteiger partial charge in [0.15, 0.2) is 5.82 Å². The standard InChI is InChI=1S/C19H20N4O2S/c1-4-15-21-19(25-23-15)14-8-9-20-17(10-14)26-11-16(24)22-18-12(2)6-5-7-13(18)3/h5-10H,4,11H2,1-3H3,(H,22,24). The molecule has 1 aromatic carbocycles. The molecule has 1 N–H and O–H groups in total. The molecule has 26 heavy (non-hydrogen) atoms. The van der Waals surface area contributed by atoms with Gasteiger partial charge in [0.05, 0.1) is 10.8 Å². The van der Waals surface area contributed by atoms with E-state index in [9.17, 15) is 4.79 Å². The number of amides is 1. The number of nitrogens with one attached hydrogen (secondary N) is 1. The van der Waals surface area contributed by atoms with Crippen molar-refractivity contribution >= 4 is 23.4 Å². The van der Waals surface area contributed by atoms with Crippen molar-refractivity contribution in [3.05, 3.63) is 53.5 Å². The van der Waals surface area contributed by atoms with E-state index in [0.29, 0.717) is 18.1 Å². The first-order valence-corrected chi connectivity index (χ1v) is 9.33. The number of rotatable bonds is 6. The molecule has 3 rings (SSSR count). The summed E-state index contributed by atoms with van der Waals surface area (Å²) in [5.74, 6) is 1.34. The van der Waals surface area contributed by atoms with E-state index in [1.54, 1.807) is 6.20 Å². The van der Waals surface area contributed by atoms with Gasteiger partial charge >= 0.3 is 0 Å². The van der Waals surface area contributed by atoms with Crippen molar-refractivity contribution in [3.63, 3.8) is 0 Å². The maximum atomic E-state index is 12.3. The molecule has 2 aromatic heterocycles. The molecule has 7 heteroatoms. The second kappa shape index (κ2) is 8.14. The number of anilines is 1. The van der Waals surface area contributed by atoms with E-state index >= 15 is 0 Å². The molecule has 0 bridgehead atoms. The number of nitrogens with zero attached hydrogens (tertiary/aromatic N) is 3. The minimum atomic E-state index is -0.0642. The Kier molecular flexibility index (Phi) is 5.68. The fourth-order valence-corrected chi connectivity index (χ4v) is 3.16. The van der Waals surface area contributed by atoms with Crippen LogP contribution in [0.1, 0.15) is 23.9 Å². The summed E-state index contributed by atoms with van der Waals surface area (Å²) < 4.78 is 5.25. The molecule has 0 radical (unpaired) electrons. The lowest BCUT2D eigenvalue weighted by molar-refractivity contribution is -0.113. The zero-order valence-corrected chi connectivity index (χ0v) is 15.8. The fourth-order valence-electron chi connectivity index (χ4n) is 2.46. The molecule has 0 spiro atoms. The van der Waals surface area contributed by atoms with Crippen molar-refractivity contribution < 1.29 is 9.32 Å². The molecule has 3 aromatic rings. The second-order valence-electron chi connectivity index (χ2n) is 5.86. The van der Waals surface area contributed by atoms with E-state index in [-0.39, 0.29) is 11.7 Å². The zero-order valence-electron chi connectivity index (χ0n) is 14.9. The Labute approximate surface area is 156 Å². The highest BCUT2D eigenvalue weighted by atomic mass is 32.2. The summed E-state index contributed by atoms with van der Waals surface area (Å²) in [5, 5.41) is 7.61. The molecule has 0 aliphatic heterocycles. The minimum absolute atomic E-state index is 0.0642. The summed E-state index contributed by atoms with van der Waals surface area (Å²) >= 11 is 1.37. The van der Waals surface area contributed by atoms with Gasteiger partial charge in [-0.2, -0.15) is 4.98 Å². The van der Waals surface area contributed by atoms with Crippen molar-refractivity contribution in [2.45, 2.75) is 32.2 Å². The molecule has 0 aliphatic rings. The molecule has 0 atom stereocenters. The average Bonchev–Trinajstić information content (AvgIpc) is 3.13. The highest BCUT2D eigenvalue weighted by Crippen LogP contribution is 2.24. The molecule has 0 unspecified atom stereocenters. The number of pyridine rings is 1. The number of carbonyl (C=O) groups is 1. The number of carbonyl (C=O) groups excluding carboxylic acids is 1. The number of para-hydroxylation sites is 1. The molecule has 6 nitrogen and oxygen atoms in total. The van der Waals surface area contributed by atoms with Gasteiger partial charge in [0, 0.05) is 23.9 Å². The molecule has 0 aliphatic carbocycles. The third-order valence-corrected chi connectivity index (χ3v) is 4.79. The Morgan fingerprint density at radius 3 is 2.69 bits per heavy atom. The zero-order chi connectivity index (χ0) is 18.5. The van der Waals surface area contributed by atoms with Crippen LogP contribution in [0.4, 0.5) is 5.69 Å². The predicted molar refractivity (Wildman–Crippen MR) is 102 cm³/mol. The summed E-state index contributed by atoms with van der Waals surface area (Å²) in [4.78, 5) is 20.9. The van der Waals surface area contributed by atoms with E-state index in [1.807, 2.05) is 51.1 Å². The lowest BCUT2D eigenvalue weighted by atomic mass is 10.1. The Balaban J connectivity index is 1.64. The largest absolute Gasteiger partial charge is 0.334 e. The van der Waals surface area contributed by atoms with Crippen LogP contribution in [0.25, 0.3) is 11.5 Å². The van der Waals surface area contributed by atoms with Gasteiger partial charge in [0.25, 0.3) is 5.89 Å². The van der Waals surface area contributed by atoms with Gasteiger partial charge in [-0.3, -0.25) is 4.79 Å². The molecular formula is C19H20N4O2S. The van der Waals surface area contributed by atoms with Gasteiger partial charge < -0.3 is 9.84 Å². The Hall–Kier alpha value is -2.67. The highest BCUT2D eigenvalue weighted by molar-refractivity contribution is 7.99. The quantitative estimate of drug-likeness (QED) is 0.661. The van der Waals surface area contributed by atoms with Crippen LogP contribution in [0.5, 0.6) is 0 Å². The average molecular weight is 368 g/mol. The lowest BCUT2D eigenvalue weighted by Gasteiger charge is -2.11. The van der Waals surface area contributed by atoms with E-state index in [4.69, 9.17) is 4.52 Å². The Morgan fingerprint density at radius 1 is 1.23 bits per heavy atom. The van der Waals surface area contributed by atoms with Crippen LogP contribution in [0.15, 0.2) is 46.1 Å². The van der Waals surface area contributed by atoms with E-state index in [2.05, 4.69) is 20.4 Å². The summed E-state index contributed by atoms with van der Waals surface area (Å²) in [7, 11) is 0. The summed E-state index contributed by atoms with van der Waals surface area (Å²) in [6.07, 6.45) is 2.39. The number of hydrogen-bond donors (Lipinski definition) is 1. The first kappa shape index (κ1) is 18.1. The smallest absolute Gasteiger partial charge is 0.258 e. The molecule has 0 saturated carbocycles. The van der Waals surface area contributed by atoms with Gasteiger partial charge in [0.1, 0.15) is 0 Å². The van der Waals surface area contributed by atoms with Gasteiger partial charge in [-0.05, 0) is 37.1 Å². The third-order valence-electron chi connectivity index (χ3n) is 3.86. The SMILES string of the molecule is CCc1noc(-c2ccnc(SCC(=O)Nc3c(C)cccc3C)c2)n1. The van der Waals surface area contributed by atoms with Gasteiger partial charge in [-0.25, -0.2) is 4.98 Å². The molecule has 2 heterocycles. The van der Waals surface area contributed by atoms with E-state index < -0.39 is 0 Å². The van der Waals surface area contributed by atoms with Crippen molar-refractivity contribution in [1.82, 2.24) is 15.1 Å². The first-order valence-electron chi connectivity index (χ1n) is 8.34. The van der Waals surface area contributed by atoms with Crippen LogP contribution in [0.2, 0.25) is 0 Å². The first-order chi connectivity index (χ1) is 12.6. The highest BCUT2D eigenvalue weighted by Gasteiger charge is 2.11. The molecular weight excluding hydrogens is 348 g/mol. The number of aromatic nitrogens is 3. The maximum Gasteiger partial charge on any atom is 0.258 e. The third kappa shape index (κ3) is 4.29. The molecule has 0 fully saturated rings. The normalized spacial score (nSPS) is 10.7. The van der Waals surface area contributed by atoms with Crippen LogP contribution in [0.3, 0.4) is 0 Å². The Bertz CT molecular complexity index is 903. The maximum absolute atomic E-state index is 12.3. The number of aryl methyl sites for hydroxylation is 3. The van der Waals surface area contributed by atoms with E-state index in [0.717, 1.165) is 27.4 Å². The molecule has 134 valence electrons. The molecule has 0 saturated heterocycles. The summed E-state index contributed by atoms with van der Waals surface area (Å²) in [6, 6.07) is 9.61. The minimum Gasteiger partial charge on any atom is -0.334 e.